The van der Waals surface area contributed by atoms with E-state index in [9.17, 15) is 13.2 Å². The van der Waals surface area contributed by atoms with Crippen molar-refractivity contribution in [2.75, 3.05) is 26.5 Å². The third-order valence-corrected chi connectivity index (χ3v) is 6.01. The van der Waals surface area contributed by atoms with E-state index >= 15 is 0 Å². The normalized spacial score (nSPS) is 27.7. The van der Waals surface area contributed by atoms with Crippen LogP contribution in [0, 0.1) is 5.92 Å². The Morgan fingerprint density at radius 2 is 2.25 bits per heavy atom. The van der Waals surface area contributed by atoms with Crippen LogP contribution in [0.15, 0.2) is 24.4 Å². The smallest absolute Gasteiger partial charge is 0.227 e. The molecule has 1 aromatic heterocycles. The van der Waals surface area contributed by atoms with Gasteiger partial charge >= 0.3 is 0 Å². The molecule has 132 valence electrons. The van der Waals surface area contributed by atoms with Crippen molar-refractivity contribution in [3.05, 3.63) is 30.1 Å². The number of aromatic nitrogens is 1. The fourth-order valence-electron chi connectivity index (χ4n) is 3.58. The van der Waals surface area contributed by atoms with Crippen LogP contribution in [0.1, 0.15) is 18.5 Å². The molecule has 0 aliphatic carbocycles. The number of hydrogen-bond acceptors (Lipinski definition) is 5. The second-order valence-electron chi connectivity index (χ2n) is 6.55. The number of sulfonamides is 1. The summed E-state index contributed by atoms with van der Waals surface area (Å²) in [4.78, 5) is 18.6. The van der Waals surface area contributed by atoms with E-state index in [0.717, 1.165) is 5.69 Å². The molecule has 1 amide bonds. The summed E-state index contributed by atoms with van der Waals surface area (Å²) < 4.78 is 31.3. The molecule has 3 heterocycles. The summed E-state index contributed by atoms with van der Waals surface area (Å²) in [5, 5.41) is 0. The molecule has 0 spiro atoms. The van der Waals surface area contributed by atoms with Gasteiger partial charge in [0.1, 0.15) is 0 Å². The molecule has 7 nitrogen and oxygen atoms in total. The summed E-state index contributed by atoms with van der Waals surface area (Å²) in [6, 6.07) is 5.44. The summed E-state index contributed by atoms with van der Waals surface area (Å²) in [6.07, 6.45) is 3.97. The molecule has 2 saturated heterocycles. The van der Waals surface area contributed by atoms with Crippen LogP contribution in [0.3, 0.4) is 0 Å². The van der Waals surface area contributed by atoms with E-state index in [1.54, 1.807) is 18.1 Å². The van der Waals surface area contributed by atoms with Crippen LogP contribution in [0.2, 0.25) is 0 Å². The Morgan fingerprint density at radius 3 is 2.92 bits per heavy atom. The number of hydrogen-bond donors (Lipinski definition) is 0. The predicted molar refractivity (Wildman–Crippen MR) is 88.5 cm³/mol. The highest BCUT2D eigenvalue weighted by Crippen LogP contribution is 2.33. The Morgan fingerprint density at radius 1 is 1.46 bits per heavy atom. The highest BCUT2D eigenvalue weighted by molar-refractivity contribution is 7.88. The quantitative estimate of drug-likeness (QED) is 0.787. The van der Waals surface area contributed by atoms with Gasteiger partial charge in [-0.3, -0.25) is 9.78 Å². The van der Waals surface area contributed by atoms with Crippen molar-refractivity contribution in [2.45, 2.75) is 31.5 Å². The standard InChI is InChI=1S/C16H23N3O4S/c1-18(11-13-5-3-4-7-17-13)16(20)12-9-15-14(6-8-23-15)19(10-12)24(2,21)22/h3-5,7,12,14-15H,6,8-11H2,1-2H3/t12-,14-,15-/m0/s1. The van der Waals surface area contributed by atoms with Crippen molar-refractivity contribution in [1.82, 2.24) is 14.2 Å². The van der Waals surface area contributed by atoms with Gasteiger partial charge in [0.25, 0.3) is 0 Å². The van der Waals surface area contributed by atoms with Gasteiger partial charge in [-0.05, 0) is 25.0 Å². The fraction of sp³-hybridized carbons (Fsp3) is 0.625. The first-order valence-electron chi connectivity index (χ1n) is 8.09. The number of pyridine rings is 1. The number of carbonyl (C=O) groups excluding carboxylic acids is 1. The van der Waals surface area contributed by atoms with Crippen LogP contribution in [-0.2, 0) is 26.1 Å². The van der Waals surface area contributed by atoms with Crippen LogP contribution in [0.4, 0.5) is 0 Å². The Kier molecular flexibility index (Phi) is 4.89. The molecule has 1 aromatic rings. The van der Waals surface area contributed by atoms with Crippen molar-refractivity contribution in [3.63, 3.8) is 0 Å². The summed E-state index contributed by atoms with van der Waals surface area (Å²) in [6.45, 7) is 1.19. The van der Waals surface area contributed by atoms with Crippen LogP contribution < -0.4 is 0 Å². The van der Waals surface area contributed by atoms with E-state index in [4.69, 9.17) is 4.74 Å². The van der Waals surface area contributed by atoms with E-state index in [-0.39, 0.29) is 30.5 Å². The second-order valence-corrected chi connectivity index (χ2v) is 8.48. The monoisotopic (exact) mass is 353 g/mol. The summed E-state index contributed by atoms with van der Waals surface area (Å²) >= 11 is 0. The maximum Gasteiger partial charge on any atom is 0.227 e. The third-order valence-electron chi connectivity index (χ3n) is 4.74. The molecule has 2 aliphatic heterocycles. The maximum atomic E-state index is 12.8. The maximum absolute atomic E-state index is 12.8. The van der Waals surface area contributed by atoms with Crippen molar-refractivity contribution in [2.24, 2.45) is 5.92 Å². The SMILES string of the molecule is CN(Cc1ccccn1)C(=O)[C@H]1C[C@@H]2OCC[C@@H]2N(S(C)(=O)=O)C1. The van der Waals surface area contributed by atoms with Crippen LogP contribution >= 0.6 is 0 Å². The average molecular weight is 353 g/mol. The summed E-state index contributed by atoms with van der Waals surface area (Å²) in [5.41, 5.74) is 0.805. The topological polar surface area (TPSA) is 79.8 Å². The Labute approximate surface area is 142 Å². The molecule has 0 saturated carbocycles. The number of nitrogens with zero attached hydrogens (tertiary/aromatic N) is 3. The van der Waals surface area contributed by atoms with E-state index in [0.29, 0.717) is 26.0 Å². The first-order chi connectivity index (χ1) is 11.4. The zero-order chi connectivity index (χ0) is 17.3. The number of ether oxygens (including phenoxy) is 1. The van der Waals surface area contributed by atoms with Crippen molar-refractivity contribution in [3.8, 4) is 0 Å². The van der Waals surface area contributed by atoms with Gasteiger partial charge in [0, 0.05) is 26.4 Å². The second kappa shape index (κ2) is 6.78. The zero-order valence-electron chi connectivity index (χ0n) is 14.0. The first-order valence-corrected chi connectivity index (χ1v) is 9.94. The molecule has 0 unspecified atom stereocenters. The molecule has 3 rings (SSSR count). The van der Waals surface area contributed by atoms with Gasteiger partial charge in [-0.1, -0.05) is 6.07 Å². The molecule has 2 fully saturated rings. The highest BCUT2D eigenvalue weighted by Gasteiger charge is 2.46. The van der Waals surface area contributed by atoms with Crippen LogP contribution in [0.25, 0.3) is 0 Å². The lowest BCUT2D eigenvalue weighted by atomic mass is 9.91. The van der Waals surface area contributed by atoms with E-state index < -0.39 is 10.0 Å². The Bertz CT molecular complexity index is 695. The largest absolute Gasteiger partial charge is 0.376 e. The minimum atomic E-state index is -3.36. The number of rotatable bonds is 4. The molecule has 2 aliphatic rings. The third kappa shape index (κ3) is 3.60. The van der Waals surface area contributed by atoms with Crippen molar-refractivity contribution >= 4 is 15.9 Å². The molecule has 0 N–H and O–H groups in total. The van der Waals surface area contributed by atoms with E-state index in [2.05, 4.69) is 4.98 Å². The lowest BCUT2D eigenvalue weighted by molar-refractivity contribution is -0.138. The minimum Gasteiger partial charge on any atom is -0.376 e. The van der Waals surface area contributed by atoms with Gasteiger partial charge in [0.05, 0.1) is 36.6 Å². The van der Waals surface area contributed by atoms with Gasteiger partial charge in [0.2, 0.25) is 15.9 Å². The van der Waals surface area contributed by atoms with Gasteiger partial charge in [0.15, 0.2) is 0 Å². The van der Waals surface area contributed by atoms with Crippen LogP contribution in [-0.4, -0.2) is 67.1 Å². The Hall–Kier alpha value is -1.51. The highest BCUT2D eigenvalue weighted by atomic mass is 32.2. The molecule has 8 heteroatoms. The molecule has 0 aromatic carbocycles. The molecule has 0 bridgehead atoms. The van der Waals surface area contributed by atoms with E-state index in [1.165, 1.54) is 10.6 Å². The summed E-state index contributed by atoms with van der Waals surface area (Å²) in [5.74, 6) is -0.448. The zero-order valence-corrected chi connectivity index (χ0v) is 14.8. The summed E-state index contributed by atoms with van der Waals surface area (Å²) in [7, 11) is -1.64. The lowest BCUT2D eigenvalue weighted by Crippen LogP contribution is -2.54. The minimum absolute atomic E-state index is 0.0664. The number of fused-ring (bicyclic) bond motifs is 1. The van der Waals surface area contributed by atoms with Gasteiger partial charge < -0.3 is 9.64 Å². The van der Waals surface area contributed by atoms with Gasteiger partial charge in [-0.15, -0.1) is 0 Å². The van der Waals surface area contributed by atoms with E-state index in [1.807, 2.05) is 18.2 Å². The number of amides is 1. The average Bonchev–Trinajstić information content (AvgIpc) is 3.01. The molecular weight excluding hydrogens is 330 g/mol. The van der Waals surface area contributed by atoms with Crippen LogP contribution in [0.5, 0.6) is 0 Å². The molecule has 0 radical (unpaired) electrons. The molecular formula is C16H23N3O4S. The molecule has 24 heavy (non-hydrogen) atoms. The first kappa shape index (κ1) is 17.3. The Balaban J connectivity index is 1.72. The van der Waals surface area contributed by atoms with Crippen molar-refractivity contribution in [1.29, 1.82) is 0 Å². The molecule has 3 atom stereocenters. The van der Waals surface area contributed by atoms with Gasteiger partial charge in [-0.25, -0.2) is 8.42 Å². The number of piperidine rings is 1. The van der Waals surface area contributed by atoms with Gasteiger partial charge in [-0.2, -0.15) is 4.31 Å². The predicted octanol–water partition coefficient (Wildman–Crippen LogP) is 0.479. The lowest BCUT2D eigenvalue weighted by Gasteiger charge is -2.39. The van der Waals surface area contributed by atoms with Crippen molar-refractivity contribution < 1.29 is 17.9 Å². The fourth-order valence-corrected chi connectivity index (χ4v) is 4.77. The number of carbonyl (C=O) groups is 1.